The molecule has 1 heterocycles. The first-order valence-electron chi connectivity index (χ1n) is 5.97. The summed E-state index contributed by atoms with van der Waals surface area (Å²) in [5.41, 5.74) is 0.349. The van der Waals surface area contributed by atoms with E-state index in [0.717, 1.165) is 25.7 Å². The van der Waals surface area contributed by atoms with Crippen molar-refractivity contribution < 1.29 is 4.92 Å². The minimum absolute atomic E-state index is 0.0372. The van der Waals surface area contributed by atoms with Crippen LogP contribution in [0.5, 0.6) is 0 Å². The quantitative estimate of drug-likeness (QED) is 0.585. The highest BCUT2D eigenvalue weighted by atomic mass is 16.6. The molecule has 1 aliphatic carbocycles. The Morgan fingerprint density at radius 3 is 2.59 bits per heavy atom. The Kier molecular flexibility index (Phi) is 3.26. The maximum absolute atomic E-state index is 11.9. The lowest BCUT2D eigenvalue weighted by Crippen LogP contribution is -2.26. The van der Waals surface area contributed by atoms with Crippen molar-refractivity contribution in [2.24, 2.45) is 0 Å². The average Bonchev–Trinajstić information content (AvgIpc) is 2.29. The van der Waals surface area contributed by atoms with Crippen LogP contribution in [0.1, 0.15) is 43.7 Å². The Morgan fingerprint density at radius 2 is 2.00 bits per heavy atom. The average molecular weight is 236 g/mol. The van der Waals surface area contributed by atoms with Crippen LogP contribution in [0, 0.1) is 17.0 Å². The fourth-order valence-electron chi connectivity index (χ4n) is 2.47. The second-order valence-electron chi connectivity index (χ2n) is 4.64. The predicted octanol–water partition coefficient (Wildman–Crippen LogP) is 2.57. The van der Waals surface area contributed by atoms with E-state index in [4.69, 9.17) is 0 Å². The summed E-state index contributed by atoms with van der Waals surface area (Å²) < 4.78 is 1.55. The summed E-state index contributed by atoms with van der Waals surface area (Å²) >= 11 is 0. The minimum Gasteiger partial charge on any atom is -0.306 e. The number of rotatable bonds is 2. The molecule has 2 rings (SSSR count). The summed E-state index contributed by atoms with van der Waals surface area (Å²) in [5, 5.41) is 10.9. The van der Waals surface area contributed by atoms with Crippen LogP contribution in [0.3, 0.4) is 0 Å². The molecule has 0 spiro atoms. The fourth-order valence-corrected chi connectivity index (χ4v) is 2.47. The first kappa shape index (κ1) is 11.8. The minimum atomic E-state index is -0.423. The van der Waals surface area contributed by atoms with Gasteiger partial charge in [0, 0.05) is 17.7 Å². The number of hydrogen-bond acceptors (Lipinski definition) is 3. The normalized spacial score (nSPS) is 17.0. The molecule has 0 aliphatic heterocycles. The molecule has 5 nitrogen and oxygen atoms in total. The summed E-state index contributed by atoms with van der Waals surface area (Å²) in [7, 11) is 0. The highest BCUT2D eigenvalue weighted by molar-refractivity contribution is 5.36. The number of nitrogens with zero attached hydrogens (tertiary/aromatic N) is 2. The summed E-state index contributed by atoms with van der Waals surface area (Å²) in [6, 6.07) is 1.50. The van der Waals surface area contributed by atoms with Gasteiger partial charge in [0.25, 0.3) is 11.2 Å². The van der Waals surface area contributed by atoms with Gasteiger partial charge >= 0.3 is 0 Å². The molecule has 1 aromatic heterocycles. The third-order valence-corrected chi connectivity index (χ3v) is 3.42. The van der Waals surface area contributed by atoms with Crippen molar-refractivity contribution in [1.29, 1.82) is 0 Å². The van der Waals surface area contributed by atoms with Crippen molar-refractivity contribution >= 4 is 5.69 Å². The van der Waals surface area contributed by atoms with Gasteiger partial charge in [-0.25, -0.2) is 0 Å². The standard InChI is InChI=1S/C12H16N2O3/c1-9-7-12(15)13(8-11(9)14(16)17)10-5-3-2-4-6-10/h7-8,10H,2-6H2,1H3. The zero-order chi connectivity index (χ0) is 12.4. The SMILES string of the molecule is Cc1cc(=O)n(C2CCCCC2)cc1[N+](=O)[O-]. The monoisotopic (exact) mass is 236 g/mol. The molecular formula is C12H16N2O3. The van der Waals surface area contributed by atoms with E-state index in [0.29, 0.717) is 5.56 Å². The van der Waals surface area contributed by atoms with E-state index < -0.39 is 4.92 Å². The molecule has 17 heavy (non-hydrogen) atoms. The van der Waals surface area contributed by atoms with Gasteiger partial charge in [0.1, 0.15) is 0 Å². The van der Waals surface area contributed by atoms with Gasteiger partial charge in [-0.2, -0.15) is 0 Å². The van der Waals surface area contributed by atoms with E-state index in [1.807, 2.05) is 0 Å². The van der Waals surface area contributed by atoms with Crippen LogP contribution in [0.4, 0.5) is 5.69 Å². The van der Waals surface area contributed by atoms with Gasteiger partial charge in [0.05, 0.1) is 11.1 Å². The van der Waals surface area contributed by atoms with Crippen molar-refractivity contribution in [3.63, 3.8) is 0 Å². The Bertz CT molecular complexity index is 487. The molecule has 0 amide bonds. The lowest BCUT2D eigenvalue weighted by Gasteiger charge is -2.23. The predicted molar refractivity (Wildman–Crippen MR) is 64.2 cm³/mol. The molecule has 1 aromatic rings. The highest BCUT2D eigenvalue weighted by Crippen LogP contribution is 2.28. The number of nitro groups is 1. The van der Waals surface area contributed by atoms with Crippen molar-refractivity contribution in [1.82, 2.24) is 4.57 Å². The molecule has 92 valence electrons. The molecule has 0 radical (unpaired) electrons. The smallest absolute Gasteiger partial charge is 0.288 e. The first-order valence-corrected chi connectivity index (χ1v) is 5.97. The Labute approximate surface area is 99.2 Å². The second kappa shape index (κ2) is 4.69. The molecule has 0 N–H and O–H groups in total. The van der Waals surface area contributed by atoms with Crippen molar-refractivity contribution in [2.75, 3.05) is 0 Å². The molecular weight excluding hydrogens is 220 g/mol. The summed E-state index contributed by atoms with van der Waals surface area (Å²) in [5.74, 6) is 0. The lowest BCUT2D eigenvalue weighted by atomic mass is 9.95. The molecule has 1 fully saturated rings. The summed E-state index contributed by atoms with van der Waals surface area (Å²) in [6.07, 6.45) is 6.69. The van der Waals surface area contributed by atoms with Gasteiger partial charge in [-0.05, 0) is 19.8 Å². The van der Waals surface area contributed by atoms with Crippen molar-refractivity contribution in [3.8, 4) is 0 Å². The van der Waals surface area contributed by atoms with Gasteiger partial charge in [-0.15, -0.1) is 0 Å². The van der Waals surface area contributed by atoms with E-state index in [1.165, 1.54) is 18.7 Å². The van der Waals surface area contributed by atoms with E-state index in [1.54, 1.807) is 11.5 Å². The van der Waals surface area contributed by atoms with Crippen LogP contribution in [-0.2, 0) is 0 Å². The number of pyridine rings is 1. The fraction of sp³-hybridized carbons (Fsp3) is 0.583. The van der Waals surface area contributed by atoms with Gasteiger partial charge in [0.15, 0.2) is 0 Å². The van der Waals surface area contributed by atoms with Crippen molar-refractivity contribution in [3.05, 3.63) is 38.3 Å². The lowest BCUT2D eigenvalue weighted by molar-refractivity contribution is -0.386. The van der Waals surface area contributed by atoms with Crippen LogP contribution < -0.4 is 5.56 Å². The summed E-state index contributed by atoms with van der Waals surface area (Å²) in [6.45, 7) is 1.60. The molecule has 0 bridgehead atoms. The third-order valence-electron chi connectivity index (χ3n) is 3.42. The van der Waals surface area contributed by atoms with Crippen LogP contribution >= 0.6 is 0 Å². The molecule has 0 atom stereocenters. The van der Waals surface area contributed by atoms with E-state index in [9.17, 15) is 14.9 Å². The van der Waals surface area contributed by atoms with Crippen LogP contribution in [0.15, 0.2) is 17.1 Å². The Balaban J connectivity index is 2.42. The molecule has 5 heteroatoms. The molecule has 1 aliphatic rings. The topological polar surface area (TPSA) is 65.1 Å². The van der Waals surface area contributed by atoms with Gasteiger partial charge in [-0.3, -0.25) is 14.9 Å². The van der Waals surface area contributed by atoms with E-state index in [2.05, 4.69) is 0 Å². The summed E-state index contributed by atoms with van der Waals surface area (Å²) in [4.78, 5) is 22.3. The van der Waals surface area contributed by atoms with Crippen LogP contribution in [-0.4, -0.2) is 9.49 Å². The largest absolute Gasteiger partial charge is 0.306 e. The zero-order valence-corrected chi connectivity index (χ0v) is 9.89. The molecule has 1 saturated carbocycles. The van der Waals surface area contributed by atoms with E-state index >= 15 is 0 Å². The van der Waals surface area contributed by atoms with Crippen LogP contribution in [0.2, 0.25) is 0 Å². The van der Waals surface area contributed by atoms with Gasteiger partial charge in [0.2, 0.25) is 0 Å². The third kappa shape index (κ3) is 2.38. The zero-order valence-electron chi connectivity index (χ0n) is 9.89. The Morgan fingerprint density at radius 1 is 1.35 bits per heavy atom. The number of aromatic nitrogens is 1. The first-order chi connectivity index (χ1) is 8.09. The van der Waals surface area contributed by atoms with E-state index in [-0.39, 0.29) is 17.3 Å². The highest BCUT2D eigenvalue weighted by Gasteiger charge is 2.20. The van der Waals surface area contributed by atoms with Crippen LogP contribution in [0.25, 0.3) is 0 Å². The van der Waals surface area contributed by atoms with Crippen molar-refractivity contribution in [2.45, 2.75) is 45.1 Å². The number of aryl methyl sites for hydroxylation is 1. The molecule has 0 saturated heterocycles. The van der Waals surface area contributed by atoms with Gasteiger partial charge in [-0.1, -0.05) is 19.3 Å². The number of hydrogen-bond donors (Lipinski definition) is 0. The maximum atomic E-state index is 11.9. The maximum Gasteiger partial charge on any atom is 0.288 e. The van der Waals surface area contributed by atoms with Gasteiger partial charge < -0.3 is 4.57 Å². The second-order valence-corrected chi connectivity index (χ2v) is 4.64. The Hall–Kier alpha value is -1.65. The molecule has 0 unspecified atom stereocenters. The molecule has 0 aromatic carbocycles.